The molecule has 0 atom stereocenters. The van der Waals surface area contributed by atoms with Gasteiger partial charge in [-0.25, -0.2) is 4.98 Å². The zero-order valence-corrected chi connectivity index (χ0v) is 10.5. The van der Waals surface area contributed by atoms with Gasteiger partial charge >= 0.3 is 0 Å². The molecule has 0 aliphatic heterocycles. The molecule has 0 aliphatic rings. The third-order valence-corrected chi connectivity index (χ3v) is 2.80. The molecule has 0 fully saturated rings. The molecular weight excluding hydrogens is 200 g/mol. The van der Waals surface area contributed by atoms with Crippen LogP contribution in [-0.2, 0) is 0 Å². The first kappa shape index (κ1) is 11.1. The number of aromatic nitrogens is 2. The lowest BCUT2D eigenvalue weighted by Gasteiger charge is -2.09. The van der Waals surface area contributed by atoms with E-state index in [1.807, 2.05) is 6.92 Å². The van der Waals surface area contributed by atoms with Crippen LogP contribution in [0.1, 0.15) is 56.5 Å². The van der Waals surface area contributed by atoms with Gasteiger partial charge < -0.3 is 4.52 Å². The molecule has 2 rings (SSSR count). The van der Waals surface area contributed by atoms with Crippen LogP contribution in [0.5, 0.6) is 0 Å². The Hall–Kier alpha value is -1.38. The van der Waals surface area contributed by atoms with Crippen molar-refractivity contribution in [2.45, 2.75) is 46.5 Å². The third kappa shape index (κ3) is 1.70. The van der Waals surface area contributed by atoms with Crippen molar-refractivity contribution in [3.8, 4) is 0 Å². The topological polar surface area (TPSA) is 38.9 Å². The molecule has 0 bridgehead atoms. The molecule has 2 aromatic rings. The van der Waals surface area contributed by atoms with Crippen molar-refractivity contribution in [2.24, 2.45) is 0 Å². The Morgan fingerprint density at radius 3 is 2.38 bits per heavy atom. The minimum Gasteiger partial charge on any atom is -0.336 e. The molecule has 3 heteroatoms. The Morgan fingerprint density at radius 1 is 1.12 bits per heavy atom. The summed E-state index contributed by atoms with van der Waals surface area (Å²) < 4.78 is 5.32. The number of hydrogen-bond donors (Lipinski definition) is 0. The summed E-state index contributed by atoms with van der Waals surface area (Å²) in [7, 11) is 0. The molecule has 0 spiro atoms. The van der Waals surface area contributed by atoms with Crippen molar-refractivity contribution in [1.82, 2.24) is 10.1 Å². The molecule has 0 amide bonds. The molecule has 0 saturated heterocycles. The maximum atomic E-state index is 5.32. The largest absolute Gasteiger partial charge is 0.336 e. The normalized spacial score (nSPS) is 11.9. The molecule has 0 saturated carbocycles. The van der Waals surface area contributed by atoms with Crippen LogP contribution in [0, 0.1) is 6.92 Å². The predicted molar refractivity (Wildman–Crippen MR) is 64.7 cm³/mol. The second-order valence-corrected chi connectivity index (χ2v) is 4.91. The van der Waals surface area contributed by atoms with Crippen LogP contribution in [0.4, 0.5) is 0 Å². The minimum absolute atomic E-state index is 0.364. The number of hydrogen-bond acceptors (Lipinski definition) is 3. The molecule has 0 radical (unpaired) electrons. The zero-order chi connectivity index (χ0) is 11.9. The van der Waals surface area contributed by atoms with Gasteiger partial charge in [0.2, 0.25) is 0 Å². The Morgan fingerprint density at radius 2 is 1.81 bits per heavy atom. The SMILES string of the molecule is Cc1cc(C(C)C)c2c(C(C)C)noc2n1. The fraction of sp³-hybridized carbons (Fsp3) is 0.538. The Labute approximate surface area is 95.9 Å². The van der Waals surface area contributed by atoms with E-state index >= 15 is 0 Å². The highest BCUT2D eigenvalue weighted by atomic mass is 16.5. The van der Waals surface area contributed by atoms with Crippen LogP contribution in [0.3, 0.4) is 0 Å². The molecule has 2 heterocycles. The Balaban J connectivity index is 2.79. The summed E-state index contributed by atoms with van der Waals surface area (Å²) in [4.78, 5) is 4.39. The highest BCUT2D eigenvalue weighted by molar-refractivity contribution is 5.81. The third-order valence-electron chi connectivity index (χ3n) is 2.80. The second kappa shape index (κ2) is 3.89. The van der Waals surface area contributed by atoms with Crippen LogP contribution in [0.25, 0.3) is 11.1 Å². The lowest BCUT2D eigenvalue weighted by Crippen LogP contribution is -1.96. The predicted octanol–water partition coefficient (Wildman–Crippen LogP) is 3.78. The van der Waals surface area contributed by atoms with E-state index < -0.39 is 0 Å². The summed E-state index contributed by atoms with van der Waals surface area (Å²) in [6.07, 6.45) is 0. The monoisotopic (exact) mass is 218 g/mol. The van der Waals surface area contributed by atoms with Crippen molar-refractivity contribution in [2.75, 3.05) is 0 Å². The van der Waals surface area contributed by atoms with Crippen LogP contribution < -0.4 is 0 Å². The van der Waals surface area contributed by atoms with Gasteiger partial charge in [0.25, 0.3) is 5.71 Å². The maximum absolute atomic E-state index is 5.32. The van der Waals surface area contributed by atoms with Gasteiger partial charge in [0.1, 0.15) is 0 Å². The quantitative estimate of drug-likeness (QED) is 0.770. The van der Waals surface area contributed by atoms with E-state index in [2.05, 4.69) is 43.9 Å². The lowest BCUT2D eigenvalue weighted by molar-refractivity contribution is 0.434. The summed E-state index contributed by atoms with van der Waals surface area (Å²) in [5, 5.41) is 5.25. The van der Waals surface area contributed by atoms with Crippen molar-refractivity contribution >= 4 is 11.1 Å². The van der Waals surface area contributed by atoms with Crippen LogP contribution in [0.15, 0.2) is 10.6 Å². The van der Waals surface area contributed by atoms with Crippen molar-refractivity contribution in [3.63, 3.8) is 0 Å². The molecule has 2 aromatic heterocycles. The van der Waals surface area contributed by atoms with Gasteiger partial charge in [0.15, 0.2) is 0 Å². The molecule has 0 unspecified atom stereocenters. The van der Waals surface area contributed by atoms with Gasteiger partial charge in [0.05, 0.1) is 11.1 Å². The molecule has 0 aromatic carbocycles. The van der Waals surface area contributed by atoms with Crippen molar-refractivity contribution in [3.05, 3.63) is 23.0 Å². The van der Waals surface area contributed by atoms with Crippen molar-refractivity contribution < 1.29 is 4.52 Å². The summed E-state index contributed by atoms with van der Waals surface area (Å²) in [6, 6.07) is 2.13. The summed E-state index contributed by atoms with van der Waals surface area (Å²) >= 11 is 0. The lowest BCUT2D eigenvalue weighted by atomic mass is 9.96. The van der Waals surface area contributed by atoms with Crippen LogP contribution in [-0.4, -0.2) is 10.1 Å². The minimum atomic E-state index is 0.364. The number of aryl methyl sites for hydroxylation is 1. The average Bonchev–Trinajstić information content (AvgIpc) is 2.59. The second-order valence-electron chi connectivity index (χ2n) is 4.91. The summed E-state index contributed by atoms with van der Waals surface area (Å²) in [5.74, 6) is 0.823. The van der Waals surface area contributed by atoms with E-state index in [1.54, 1.807) is 0 Å². The first-order chi connectivity index (χ1) is 7.50. The molecule has 0 aliphatic carbocycles. The van der Waals surface area contributed by atoms with E-state index in [0.717, 1.165) is 16.8 Å². The molecule has 3 nitrogen and oxygen atoms in total. The summed E-state index contributed by atoms with van der Waals surface area (Å²) in [6.45, 7) is 10.6. The van der Waals surface area contributed by atoms with Gasteiger partial charge in [0, 0.05) is 5.69 Å². The first-order valence-corrected chi connectivity index (χ1v) is 5.77. The average molecular weight is 218 g/mol. The number of nitrogens with zero attached hydrogens (tertiary/aromatic N) is 2. The van der Waals surface area contributed by atoms with E-state index in [0.29, 0.717) is 17.5 Å². The molecule has 0 N–H and O–H groups in total. The fourth-order valence-corrected chi connectivity index (χ4v) is 1.98. The maximum Gasteiger partial charge on any atom is 0.258 e. The van der Waals surface area contributed by atoms with Gasteiger partial charge in [-0.3, -0.25) is 0 Å². The van der Waals surface area contributed by atoms with E-state index in [-0.39, 0.29) is 0 Å². The van der Waals surface area contributed by atoms with Crippen LogP contribution >= 0.6 is 0 Å². The Kier molecular flexibility index (Phi) is 2.70. The Bertz CT molecular complexity index is 512. The number of rotatable bonds is 2. The van der Waals surface area contributed by atoms with Gasteiger partial charge in [-0.2, -0.15) is 0 Å². The highest BCUT2D eigenvalue weighted by Gasteiger charge is 2.18. The number of fused-ring (bicyclic) bond motifs is 1. The first-order valence-electron chi connectivity index (χ1n) is 5.77. The molecule has 86 valence electrons. The highest BCUT2D eigenvalue weighted by Crippen LogP contribution is 2.31. The van der Waals surface area contributed by atoms with E-state index in [4.69, 9.17) is 4.52 Å². The van der Waals surface area contributed by atoms with Crippen LogP contribution in [0.2, 0.25) is 0 Å². The van der Waals surface area contributed by atoms with Crippen molar-refractivity contribution in [1.29, 1.82) is 0 Å². The number of pyridine rings is 1. The van der Waals surface area contributed by atoms with Gasteiger partial charge in [-0.1, -0.05) is 32.9 Å². The zero-order valence-electron chi connectivity index (χ0n) is 10.5. The van der Waals surface area contributed by atoms with Gasteiger partial charge in [-0.15, -0.1) is 0 Å². The molecular formula is C13H18N2O. The molecule has 16 heavy (non-hydrogen) atoms. The standard InChI is InChI=1S/C13H18N2O/c1-7(2)10-6-9(5)14-13-11(10)12(8(3)4)15-16-13/h6-8H,1-5H3. The van der Waals surface area contributed by atoms with E-state index in [1.165, 1.54) is 5.56 Å². The van der Waals surface area contributed by atoms with Gasteiger partial charge in [-0.05, 0) is 30.4 Å². The smallest absolute Gasteiger partial charge is 0.258 e. The fourth-order valence-electron chi connectivity index (χ4n) is 1.98. The summed E-state index contributed by atoms with van der Waals surface area (Å²) in [5.41, 5.74) is 3.97. The van der Waals surface area contributed by atoms with E-state index in [9.17, 15) is 0 Å².